The molecule has 4 aliphatic heterocycles. The van der Waals surface area contributed by atoms with Crippen molar-refractivity contribution in [2.24, 2.45) is 31.3 Å². The Labute approximate surface area is 565 Å². The van der Waals surface area contributed by atoms with Crippen molar-refractivity contribution in [1.29, 1.82) is 5.26 Å². The van der Waals surface area contributed by atoms with Gasteiger partial charge in [0.15, 0.2) is 37.7 Å². The van der Waals surface area contributed by atoms with Gasteiger partial charge in [-0.3, -0.25) is 24.0 Å². The molecule has 4 aliphatic rings. The Morgan fingerprint density at radius 1 is 0.610 bits per heavy atom. The van der Waals surface area contributed by atoms with E-state index in [4.69, 9.17) is 19.9 Å². The summed E-state index contributed by atoms with van der Waals surface area (Å²) in [6.45, 7) is 4.69. The fourth-order valence-corrected chi connectivity index (χ4v) is 9.30. The van der Waals surface area contributed by atoms with E-state index in [-0.39, 0.29) is 36.9 Å². The first-order chi connectivity index (χ1) is 45.0. The Balaban J connectivity index is 0.000000606. The van der Waals surface area contributed by atoms with Crippen molar-refractivity contribution >= 4 is 73.7 Å². The van der Waals surface area contributed by atoms with Crippen LogP contribution in [-0.4, -0.2) is 174 Å². The van der Waals surface area contributed by atoms with E-state index in [0.29, 0.717) is 84.3 Å². The molecule has 0 aliphatic carbocycles. The molecule has 2 fully saturated rings. The monoisotopic (exact) mass is 1530 g/mol. The third-order valence-electron chi connectivity index (χ3n) is 12.5. The van der Waals surface area contributed by atoms with E-state index >= 15 is 0 Å². The van der Waals surface area contributed by atoms with E-state index in [2.05, 4.69) is 47.7 Å². The lowest BCUT2D eigenvalue weighted by molar-refractivity contribution is -0.142. The van der Waals surface area contributed by atoms with Crippen LogP contribution in [0.15, 0.2) is 75.1 Å². The molecule has 22 nitrogen and oxygen atoms in total. The second-order valence-corrected chi connectivity index (χ2v) is 23.6. The summed E-state index contributed by atoms with van der Waals surface area (Å²) in [5.41, 5.74) is -6.46. The van der Waals surface area contributed by atoms with Crippen LogP contribution in [0.2, 0.25) is 0 Å². The number of hydrogen-bond donors (Lipinski definition) is 2. The summed E-state index contributed by atoms with van der Waals surface area (Å²) in [4.78, 5) is 31.1. The zero-order valence-corrected chi connectivity index (χ0v) is 55.2. The van der Waals surface area contributed by atoms with E-state index in [1.165, 1.54) is 63.7 Å². The number of amides is 1. The van der Waals surface area contributed by atoms with Crippen LogP contribution in [0, 0.1) is 11.3 Å². The maximum absolute atomic E-state index is 12.7. The Bertz CT molecular complexity index is 3610. The molecule has 46 heteroatoms. The number of pyridine rings is 2. The highest BCUT2D eigenvalue weighted by Crippen LogP contribution is 2.36. The number of ether oxygens (including phenoxy) is 1. The molecule has 9 heterocycles. The summed E-state index contributed by atoms with van der Waals surface area (Å²) in [6.07, 6.45) is -26.2. The summed E-state index contributed by atoms with van der Waals surface area (Å²) in [5.74, 6) is -0.489. The molecule has 2 saturated heterocycles. The lowest BCUT2D eigenvalue weighted by atomic mass is 10.1. The smallest absolute Gasteiger partial charge is 0.435 e. The molecular formula is C54H64F21N15O7S3. The number of hydrazone groups is 2. The minimum absolute atomic E-state index is 0. The van der Waals surface area contributed by atoms with Crippen LogP contribution in [0.3, 0.4) is 0 Å². The minimum atomic E-state index is -4.62. The Hall–Kier alpha value is -8.22. The highest BCUT2D eigenvalue weighted by molar-refractivity contribution is 7.98. The second kappa shape index (κ2) is 36.9. The molecule has 562 valence electrons. The van der Waals surface area contributed by atoms with Crippen LogP contribution < -0.4 is 14.5 Å². The summed E-state index contributed by atoms with van der Waals surface area (Å²) in [5, 5.41) is 41.9. The van der Waals surface area contributed by atoms with E-state index in [1.807, 2.05) is 9.80 Å². The molecule has 0 saturated carbocycles. The molecule has 0 radical (unpaired) electrons. The van der Waals surface area contributed by atoms with Crippen molar-refractivity contribution in [3.8, 4) is 11.9 Å². The number of alkyl halides is 21. The molecule has 1 amide bonds. The van der Waals surface area contributed by atoms with E-state index in [1.54, 1.807) is 12.3 Å². The van der Waals surface area contributed by atoms with Crippen LogP contribution in [-0.2, 0) is 71.5 Å². The standard InChI is InChI=1S/C16H16F6N4O.C11H13F3N2O.C6H7F3N2O2S.C6H7F3N2S.C5H5F3N2O.C5H5F3N2S.C2H3N.C2H4O2.CH4/c1-25-14(8-12(24-25)16(20,21)22)27-11-4-6-26(7-5-11)13-3-2-10(9-23-13)15(17,18)19;12-11(13,14)8-1-2-10(15-7-8)16-5-3-9(17)4-6-16;1-11-5(14(2,12)13)3-4(10-11)6(7,8)9;1-11-5(12-2)3-4(10-11)6(7,8)9;2*1-10-4(11)2-3(9-10)5(6,7)8;1-2-3;1-2(3)4;/h2-3,8-9,11H,4-7H2,1H3;1-2,7,9,17H,3-6H2;3H,1-2H3;3H,1-2H3;2*2H2,1H3;1H3;1H3,(H,3,4);1H4. The number of aromatic nitrogens is 8. The third kappa shape index (κ3) is 29.9. The number of aliphatic carboxylic acids is 1. The third-order valence-corrected chi connectivity index (χ3v) is 14.9. The zero-order valence-electron chi connectivity index (χ0n) is 52.7. The zero-order chi connectivity index (χ0) is 76.4. The first-order valence-corrected chi connectivity index (χ1v) is 30.9. The molecule has 2 N–H and O–H groups in total. The van der Waals surface area contributed by atoms with Gasteiger partial charge in [0.25, 0.3) is 5.97 Å². The van der Waals surface area contributed by atoms with Gasteiger partial charge in [-0.2, -0.15) is 123 Å². The quantitative estimate of drug-likeness (QED) is 0.0909. The number of thiocarbonyl (C=S) groups is 1. The maximum atomic E-state index is 12.7. The number of aryl methyl sites for hydroxylation is 3. The van der Waals surface area contributed by atoms with Crippen LogP contribution in [0.5, 0.6) is 5.88 Å². The number of carbonyl (C=O) groups excluding carboxylic acids is 1. The predicted molar refractivity (Wildman–Crippen MR) is 322 cm³/mol. The number of rotatable bonds is 6. The van der Waals surface area contributed by atoms with E-state index < -0.39 is 116 Å². The highest BCUT2D eigenvalue weighted by atomic mass is 32.2. The van der Waals surface area contributed by atoms with Crippen LogP contribution in [0.25, 0.3) is 0 Å². The number of anilines is 2. The fraction of sp³-hybridized carbons (Fsp3) is 0.537. The topological polar surface area (TPSA) is 259 Å². The van der Waals surface area contributed by atoms with Crippen molar-refractivity contribution in [3.63, 3.8) is 0 Å². The number of halogens is 21. The van der Waals surface area contributed by atoms with Crippen molar-refractivity contribution in [1.82, 2.24) is 49.3 Å². The Morgan fingerprint density at radius 3 is 1.24 bits per heavy atom. The predicted octanol–water partition coefficient (Wildman–Crippen LogP) is 12.6. The largest absolute Gasteiger partial charge is 0.481 e. The van der Waals surface area contributed by atoms with Gasteiger partial charge >= 0.3 is 43.2 Å². The summed E-state index contributed by atoms with van der Waals surface area (Å²) in [6, 6.07) is 8.83. The molecule has 5 aromatic rings. The molecule has 0 bridgehead atoms. The summed E-state index contributed by atoms with van der Waals surface area (Å²) < 4.78 is 287. The first-order valence-electron chi connectivity index (χ1n) is 27.4. The van der Waals surface area contributed by atoms with E-state index in [9.17, 15) is 111 Å². The number of aliphatic hydroxyl groups is 1. The van der Waals surface area contributed by atoms with E-state index in [0.717, 1.165) is 66.6 Å². The van der Waals surface area contributed by atoms with Gasteiger partial charge in [0.05, 0.1) is 34.7 Å². The summed E-state index contributed by atoms with van der Waals surface area (Å²) in [7, 11) is 2.93. The SMILES string of the molecule is C.CC#N.CC(=O)O.CN1N=C(C(F)(F)F)CC1=O.CN1N=C(C(F)(F)F)CC1=S.CSc1cc(C(F)(F)F)nn1C.Cn1nc(C(F)(F)F)cc1OC1CCN(c2ccc(C(F)(F)F)cn2)CC1.Cn1nc(C(F)(F)F)cc1S(C)(=O)=O.OC1CCN(c2ccc(C(F)(F)F)cn2)CC1. The van der Waals surface area contributed by atoms with Gasteiger partial charge in [0.2, 0.25) is 11.8 Å². The molecule has 0 aromatic carbocycles. The van der Waals surface area contributed by atoms with Gasteiger partial charge < -0.3 is 24.7 Å². The number of carbonyl (C=O) groups is 2. The molecule has 0 unspecified atom stereocenters. The average Bonchev–Trinajstić information content (AvgIpc) is 1.55. The van der Waals surface area contributed by atoms with Crippen molar-refractivity contribution in [2.75, 3.05) is 62.6 Å². The number of carboxylic acids is 1. The Morgan fingerprint density at radius 2 is 0.980 bits per heavy atom. The highest BCUT2D eigenvalue weighted by Gasteiger charge is 2.43. The molecule has 5 aromatic heterocycles. The van der Waals surface area contributed by atoms with Gasteiger partial charge in [-0.25, -0.2) is 28.1 Å². The van der Waals surface area contributed by atoms with Crippen molar-refractivity contribution in [2.45, 2.75) is 125 Å². The molecule has 100 heavy (non-hydrogen) atoms. The average molecular weight is 1530 g/mol. The second-order valence-electron chi connectivity index (χ2n) is 20.3. The lowest BCUT2D eigenvalue weighted by Crippen LogP contribution is -2.39. The number of aliphatic hydroxyl groups excluding tert-OH is 1. The molecule has 0 atom stereocenters. The minimum Gasteiger partial charge on any atom is -0.481 e. The number of nitriles is 1. The number of hydrogen-bond acceptors (Lipinski definition) is 18. The summed E-state index contributed by atoms with van der Waals surface area (Å²) >= 11 is 5.83. The van der Waals surface area contributed by atoms with Crippen molar-refractivity contribution in [3.05, 3.63) is 83.1 Å². The fourth-order valence-electron chi connectivity index (χ4n) is 7.74. The van der Waals surface area contributed by atoms with Gasteiger partial charge in [-0.1, -0.05) is 19.6 Å². The van der Waals surface area contributed by atoms with Crippen LogP contribution >= 0.6 is 24.0 Å². The number of sulfone groups is 1. The van der Waals surface area contributed by atoms with Gasteiger partial charge in [0.1, 0.15) is 28.4 Å². The first kappa shape index (κ1) is 89.8. The molecular weight excluding hydrogens is 1470 g/mol. The van der Waals surface area contributed by atoms with Gasteiger partial charge in [0, 0.05) is 131 Å². The maximum Gasteiger partial charge on any atom is 0.435 e. The van der Waals surface area contributed by atoms with Crippen molar-refractivity contribution < 1.29 is 125 Å². The van der Waals surface area contributed by atoms with Crippen LogP contribution in [0.4, 0.5) is 104 Å². The number of carboxylic acid groups (broad SMARTS) is 1. The number of piperidine rings is 2. The normalized spacial score (nSPS) is 15.5. The Kier molecular flexibility index (Phi) is 33.2. The van der Waals surface area contributed by atoms with Gasteiger partial charge in [-0.05, 0) is 43.4 Å². The molecule has 0 spiro atoms. The number of thioether (sulfide) groups is 1. The number of nitrogens with zero attached hydrogens (tertiary/aromatic N) is 15. The lowest BCUT2D eigenvalue weighted by Gasteiger charge is -2.32. The van der Waals surface area contributed by atoms with Gasteiger partial charge in [-0.15, -0.1) is 11.8 Å². The van der Waals surface area contributed by atoms with Crippen LogP contribution in [0.1, 0.15) is 88.0 Å². The molecule has 9 rings (SSSR count).